The fourth-order valence-corrected chi connectivity index (χ4v) is 4.84. The van der Waals surface area contributed by atoms with Crippen molar-refractivity contribution in [2.45, 2.75) is 58.3 Å². The summed E-state index contributed by atoms with van der Waals surface area (Å²) >= 11 is 0. The summed E-state index contributed by atoms with van der Waals surface area (Å²) in [6.07, 6.45) is 9.98. The molecule has 2 heteroatoms. The van der Waals surface area contributed by atoms with Gasteiger partial charge in [0.25, 0.3) is 0 Å². The lowest BCUT2D eigenvalue weighted by molar-refractivity contribution is -0.117. The number of fused-ring (bicyclic) bond motifs is 1. The zero-order valence-corrected chi connectivity index (χ0v) is 11.9. The number of rotatable bonds is 2. The van der Waals surface area contributed by atoms with Gasteiger partial charge in [0.15, 0.2) is 5.78 Å². The van der Waals surface area contributed by atoms with Crippen molar-refractivity contribution in [2.24, 2.45) is 23.7 Å². The summed E-state index contributed by atoms with van der Waals surface area (Å²) in [7, 11) is 0. The summed E-state index contributed by atoms with van der Waals surface area (Å²) in [5, 5.41) is 0. The maximum Gasteiger partial charge on any atom is 0.155 e. The predicted molar refractivity (Wildman–Crippen MR) is 74.7 cm³/mol. The van der Waals surface area contributed by atoms with E-state index in [2.05, 4.69) is 6.92 Å². The van der Waals surface area contributed by atoms with Crippen molar-refractivity contribution in [3.05, 3.63) is 11.6 Å². The topological polar surface area (TPSA) is 34.1 Å². The molecule has 0 radical (unpaired) electrons. The van der Waals surface area contributed by atoms with Gasteiger partial charge in [-0.05, 0) is 55.4 Å². The lowest BCUT2D eigenvalue weighted by Crippen LogP contribution is -2.35. The number of hydrogen-bond donors (Lipinski definition) is 0. The first kappa shape index (κ1) is 13.1. The summed E-state index contributed by atoms with van der Waals surface area (Å²) < 4.78 is 0. The molecule has 19 heavy (non-hydrogen) atoms. The van der Waals surface area contributed by atoms with Gasteiger partial charge in [0.2, 0.25) is 0 Å². The van der Waals surface area contributed by atoms with Crippen molar-refractivity contribution in [3.63, 3.8) is 0 Å². The van der Waals surface area contributed by atoms with Gasteiger partial charge >= 0.3 is 0 Å². The van der Waals surface area contributed by atoms with Gasteiger partial charge in [0, 0.05) is 19.3 Å². The van der Waals surface area contributed by atoms with E-state index in [-0.39, 0.29) is 0 Å². The monoisotopic (exact) mass is 260 g/mol. The van der Waals surface area contributed by atoms with Crippen LogP contribution in [0.15, 0.2) is 11.6 Å². The molecular formula is C17H24O2. The number of carbonyl (C=O) groups is 2. The number of carbonyl (C=O) groups excluding carboxylic acids is 2. The molecule has 0 amide bonds. The maximum absolute atomic E-state index is 11.6. The first-order chi connectivity index (χ1) is 9.19. The van der Waals surface area contributed by atoms with Crippen LogP contribution in [-0.2, 0) is 9.59 Å². The predicted octanol–water partition coefficient (Wildman–Crippen LogP) is 3.70. The van der Waals surface area contributed by atoms with E-state index < -0.39 is 0 Å². The summed E-state index contributed by atoms with van der Waals surface area (Å²) in [5.41, 5.74) is 1.42. The van der Waals surface area contributed by atoms with E-state index in [1.807, 2.05) is 6.08 Å². The van der Waals surface area contributed by atoms with E-state index in [0.717, 1.165) is 44.4 Å². The Bertz CT molecular complexity index is 421. The van der Waals surface area contributed by atoms with Crippen LogP contribution in [0.5, 0.6) is 0 Å². The van der Waals surface area contributed by atoms with Gasteiger partial charge in [-0.25, -0.2) is 0 Å². The van der Waals surface area contributed by atoms with Crippen LogP contribution in [0.1, 0.15) is 58.3 Å². The fraction of sp³-hybridized carbons (Fsp3) is 0.765. The van der Waals surface area contributed by atoms with Gasteiger partial charge in [-0.2, -0.15) is 0 Å². The second kappa shape index (κ2) is 5.22. The van der Waals surface area contributed by atoms with Crippen molar-refractivity contribution in [2.75, 3.05) is 0 Å². The molecule has 104 valence electrons. The van der Waals surface area contributed by atoms with Crippen molar-refractivity contribution >= 4 is 11.6 Å². The molecule has 0 N–H and O–H groups in total. The highest BCUT2D eigenvalue weighted by atomic mass is 16.1. The minimum atomic E-state index is 0.329. The molecule has 0 aromatic rings. The molecule has 4 unspecified atom stereocenters. The Kier molecular flexibility index (Phi) is 3.60. The molecule has 4 atom stereocenters. The zero-order chi connectivity index (χ0) is 13.4. The van der Waals surface area contributed by atoms with Crippen molar-refractivity contribution in [1.29, 1.82) is 0 Å². The van der Waals surface area contributed by atoms with Crippen molar-refractivity contribution in [1.82, 2.24) is 0 Å². The third kappa shape index (κ3) is 2.42. The summed E-state index contributed by atoms with van der Waals surface area (Å²) in [6.45, 7) is 2.29. The number of Topliss-reactive ketones (excluding diaryl/α,β-unsaturated/α-hetero) is 1. The molecule has 3 aliphatic rings. The Morgan fingerprint density at radius 1 is 1.11 bits per heavy atom. The average Bonchev–Trinajstić information content (AvgIpc) is 2.83. The SMILES string of the molecule is CCC1C2CCC(=O)C=C2CCC1C1CCC(=O)C1. The van der Waals surface area contributed by atoms with Crippen LogP contribution in [0, 0.1) is 23.7 Å². The van der Waals surface area contributed by atoms with E-state index in [9.17, 15) is 9.59 Å². The Balaban J connectivity index is 1.79. The van der Waals surface area contributed by atoms with Gasteiger partial charge in [0.05, 0.1) is 0 Å². The molecule has 0 spiro atoms. The Labute approximate surface area is 115 Å². The molecule has 2 saturated carbocycles. The number of ketones is 2. The highest BCUT2D eigenvalue weighted by Gasteiger charge is 2.41. The highest BCUT2D eigenvalue weighted by molar-refractivity contribution is 5.91. The molecular weight excluding hydrogens is 236 g/mol. The van der Waals surface area contributed by atoms with E-state index in [4.69, 9.17) is 0 Å². The fourth-order valence-electron chi connectivity index (χ4n) is 4.84. The van der Waals surface area contributed by atoms with Crippen LogP contribution in [0.3, 0.4) is 0 Å². The largest absolute Gasteiger partial charge is 0.300 e. The quantitative estimate of drug-likeness (QED) is 0.758. The summed E-state index contributed by atoms with van der Waals surface area (Å²) in [6, 6.07) is 0. The lowest BCUT2D eigenvalue weighted by atomic mass is 9.61. The smallest absolute Gasteiger partial charge is 0.155 e. The minimum absolute atomic E-state index is 0.329. The second-order valence-electron chi connectivity index (χ2n) is 6.65. The first-order valence-corrected chi connectivity index (χ1v) is 7.94. The van der Waals surface area contributed by atoms with Crippen LogP contribution < -0.4 is 0 Å². The number of hydrogen-bond acceptors (Lipinski definition) is 2. The van der Waals surface area contributed by atoms with Crippen LogP contribution >= 0.6 is 0 Å². The van der Waals surface area contributed by atoms with Gasteiger partial charge in [-0.1, -0.05) is 18.9 Å². The van der Waals surface area contributed by atoms with Crippen LogP contribution in [0.25, 0.3) is 0 Å². The molecule has 0 aliphatic heterocycles. The van der Waals surface area contributed by atoms with E-state index >= 15 is 0 Å². The zero-order valence-electron chi connectivity index (χ0n) is 11.9. The molecule has 3 aliphatic carbocycles. The highest BCUT2D eigenvalue weighted by Crippen LogP contribution is 2.49. The summed E-state index contributed by atoms with van der Waals surface area (Å²) in [4.78, 5) is 23.1. The number of allylic oxidation sites excluding steroid dienone is 2. The Morgan fingerprint density at radius 2 is 1.95 bits per heavy atom. The van der Waals surface area contributed by atoms with Gasteiger partial charge in [-0.3, -0.25) is 9.59 Å². The van der Waals surface area contributed by atoms with E-state index in [1.54, 1.807) is 0 Å². The van der Waals surface area contributed by atoms with Gasteiger partial charge in [0.1, 0.15) is 5.78 Å². The van der Waals surface area contributed by atoms with Gasteiger partial charge < -0.3 is 0 Å². The van der Waals surface area contributed by atoms with Crippen molar-refractivity contribution in [3.8, 4) is 0 Å². The third-order valence-electron chi connectivity index (χ3n) is 5.72. The normalized spacial score (nSPS) is 39.1. The molecule has 0 bridgehead atoms. The standard InChI is InChI=1S/C17H24O2/c1-2-15-16(11-3-5-13(18)9-11)7-4-12-10-14(19)6-8-17(12)15/h10-11,15-17H,2-9H2,1H3. The van der Waals surface area contributed by atoms with E-state index in [0.29, 0.717) is 29.3 Å². The molecule has 2 nitrogen and oxygen atoms in total. The van der Waals surface area contributed by atoms with Crippen molar-refractivity contribution < 1.29 is 9.59 Å². The molecule has 2 fully saturated rings. The molecule has 0 saturated heterocycles. The molecule has 0 aromatic carbocycles. The average molecular weight is 260 g/mol. The minimum Gasteiger partial charge on any atom is -0.300 e. The van der Waals surface area contributed by atoms with E-state index in [1.165, 1.54) is 18.4 Å². The third-order valence-corrected chi connectivity index (χ3v) is 5.72. The Morgan fingerprint density at radius 3 is 2.63 bits per heavy atom. The van der Waals surface area contributed by atoms with Gasteiger partial charge in [-0.15, -0.1) is 0 Å². The van der Waals surface area contributed by atoms with Crippen LogP contribution in [0.4, 0.5) is 0 Å². The first-order valence-electron chi connectivity index (χ1n) is 7.94. The van der Waals surface area contributed by atoms with Crippen LogP contribution in [0.2, 0.25) is 0 Å². The molecule has 0 aromatic heterocycles. The lowest BCUT2D eigenvalue weighted by Gasteiger charge is -2.43. The Hall–Kier alpha value is -0.920. The molecule has 3 rings (SSSR count). The second-order valence-corrected chi connectivity index (χ2v) is 6.65. The van der Waals surface area contributed by atoms with Crippen LogP contribution in [-0.4, -0.2) is 11.6 Å². The maximum atomic E-state index is 11.6. The summed E-state index contributed by atoms with van der Waals surface area (Å²) in [5.74, 6) is 3.51. The molecule has 0 heterocycles.